The third-order valence-electron chi connectivity index (χ3n) is 5.04. The van der Waals surface area contributed by atoms with E-state index in [1.807, 2.05) is 32.0 Å². The van der Waals surface area contributed by atoms with E-state index in [0.29, 0.717) is 34.6 Å². The van der Waals surface area contributed by atoms with Crippen LogP contribution in [0.3, 0.4) is 0 Å². The Labute approximate surface area is 167 Å². The molecule has 0 unspecified atom stereocenters. The molecule has 0 saturated heterocycles. The Morgan fingerprint density at radius 2 is 2.07 bits per heavy atom. The van der Waals surface area contributed by atoms with Crippen molar-refractivity contribution in [3.8, 4) is 0 Å². The third kappa shape index (κ3) is 2.99. The number of aryl methyl sites for hydroxylation is 1. The van der Waals surface area contributed by atoms with Crippen LogP contribution in [0.4, 0.5) is 0 Å². The average molecular weight is 398 g/mol. The van der Waals surface area contributed by atoms with Crippen molar-refractivity contribution in [3.63, 3.8) is 0 Å². The Kier molecular flexibility index (Phi) is 4.69. The Bertz CT molecular complexity index is 1130. The summed E-state index contributed by atoms with van der Waals surface area (Å²) in [5, 5.41) is 0.872. The molecule has 1 aliphatic heterocycles. The number of fused-ring (bicyclic) bond motifs is 2. The van der Waals surface area contributed by atoms with E-state index < -0.39 is 6.04 Å². The van der Waals surface area contributed by atoms with Crippen molar-refractivity contribution in [1.82, 2.24) is 14.8 Å². The maximum atomic E-state index is 13.4. The number of benzene rings is 1. The van der Waals surface area contributed by atoms with Crippen molar-refractivity contribution in [2.45, 2.75) is 13.0 Å². The first-order chi connectivity index (χ1) is 13.4. The number of carbonyl (C=O) groups excluding carboxylic acids is 1. The monoisotopic (exact) mass is 397 g/mol. The van der Waals surface area contributed by atoms with Crippen LogP contribution < -0.4 is 5.43 Å². The predicted molar refractivity (Wildman–Crippen MR) is 108 cm³/mol. The maximum Gasteiger partial charge on any atom is 0.290 e. The zero-order valence-corrected chi connectivity index (χ0v) is 16.7. The van der Waals surface area contributed by atoms with Crippen LogP contribution in [-0.4, -0.2) is 47.9 Å². The lowest BCUT2D eigenvalue weighted by Crippen LogP contribution is -2.35. The summed E-state index contributed by atoms with van der Waals surface area (Å²) in [6.45, 7) is 2.96. The summed E-state index contributed by atoms with van der Waals surface area (Å²) in [6, 6.07) is 6.45. The molecule has 144 valence electrons. The zero-order valence-electron chi connectivity index (χ0n) is 15.9. The van der Waals surface area contributed by atoms with Gasteiger partial charge in [0.25, 0.3) is 5.91 Å². The first-order valence-corrected chi connectivity index (χ1v) is 9.38. The van der Waals surface area contributed by atoms with Gasteiger partial charge in [0.15, 0.2) is 5.43 Å². The van der Waals surface area contributed by atoms with E-state index >= 15 is 0 Å². The molecule has 0 N–H and O–H groups in total. The number of likely N-dealkylation sites (N-methyl/N-ethyl adjacent to an activating group) is 1. The van der Waals surface area contributed by atoms with Gasteiger partial charge < -0.3 is 14.2 Å². The zero-order chi connectivity index (χ0) is 20.0. The van der Waals surface area contributed by atoms with Gasteiger partial charge in [-0.05, 0) is 50.3 Å². The van der Waals surface area contributed by atoms with Crippen molar-refractivity contribution in [1.29, 1.82) is 0 Å². The van der Waals surface area contributed by atoms with Crippen molar-refractivity contribution in [2.75, 3.05) is 27.2 Å². The second-order valence-corrected chi connectivity index (χ2v) is 7.67. The smallest absolute Gasteiger partial charge is 0.290 e. The van der Waals surface area contributed by atoms with Crippen molar-refractivity contribution >= 4 is 28.5 Å². The number of carbonyl (C=O) groups is 1. The summed E-state index contributed by atoms with van der Waals surface area (Å²) in [5.74, 6) is -0.177. The lowest BCUT2D eigenvalue weighted by Gasteiger charge is -2.26. The number of hydrogen-bond acceptors (Lipinski definition) is 5. The number of rotatable bonds is 4. The molecule has 0 spiro atoms. The number of aromatic nitrogens is 1. The highest BCUT2D eigenvalue weighted by Gasteiger charge is 2.42. The Morgan fingerprint density at radius 1 is 1.29 bits per heavy atom. The minimum absolute atomic E-state index is 0.104. The predicted octanol–water partition coefficient (Wildman–Crippen LogP) is 3.26. The Morgan fingerprint density at radius 3 is 2.75 bits per heavy atom. The number of hydrogen-bond donors (Lipinski definition) is 0. The number of nitrogens with zero attached hydrogens (tertiary/aromatic N) is 3. The SMILES string of the molecule is Cc1cc2oc3c(c(=O)c2cc1Cl)[C@H](c1cccnc1)N(CCN(C)C)C3=O. The molecule has 2 aromatic heterocycles. The fourth-order valence-electron chi connectivity index (χ4n) is 3.56. The highest BCUT2D eigenvalue weighted by molar-refractivity contribution is 6.32. The van der Waals surface area contributed by atoms with Crippen LogP contribution in [0.25, 0.3) is 11.0 Å². The average Bonchev–Trinajstić information content (AvgIpc) is 2.95. The number of pyridine rings is 1. The largest absolute Gasteiger partial charge is 0.450 e. The fraction of sp³-hybridized carbons (Fsp3) is 0.286. The van der Waals surface area contributed by atoms with Gasteiger partial charge in [0.2, 0.25) is 5.76 Å². The van der Waals surface area contributed by atoms with Gasteiger partial charge in [0.1, 0.15) is 5.58 Å². The molecule has 4 rings (SSSR count). The molecule has 1 aliphatic rings. The lowest BCUT2D eigenvalue weighted by atomic mass is 9.99. The molecule has 0 aliphatic carbocycles. The van der Waals surface area contributed by atoms with Gasteiger partial charge in [-0.15, -0.1) is 0 Å². The highest BCUT2D eigenvalue weighted by Crippen LogP contribution is 2.38. The minimum atomic E-state index is -0.531. The van der Waals surface area contributed by atoms with Crippen molar-refractivity contribution in [2.24, 2.45) is 0 Å². The van der Waals surface area contributed by atoms with E-state index in [1.165, 1.54) is 0 Å². The van der Waals surface area contributed by atoms with E-state index in [2.05, 4.69) is 4.98 Å². The van der Waals surface area contributed by atoms with Gasteiger partial charge in [-0.3, -0.25) is 14.6 Å². The van der Waals surface area contributed by atoms with Crippen molar-refractivity contribution in [3.05, 3.63) is 74.4 Å². The van der Waals surface area contributed by atoms with Crippen LogP contribution in [0, 0.1) is 6.92 Å². The first kappa shape index (κ1) is 18.7. The summed E-state index contributed by atoms with van der Waals surface area (Å²) >= 11 is 6.23. The van der Waals surface area contributed by atoms with E-state index in [-0.39, 0.29) is 17.1 Å². The summed E-state index contributed by atoms with van der Waals surface area (Å²) in [6.07, 6.45) is 3.35. The van der Waals surface area contributed by atoms with Crippen LogP contribution >= 0.6 is 11.6 Å². The summed E-state index contributed by atoms with van der Waals surface area (Å²) < 4.78 is 5.94. The molecular weight excluding hydrogens is 378 g/mol. The summed E-state index contributed by atoms with van der Waals surface area (Å²) in [5.41, 5.74) is 2.06. The van der Waals surface area contributed by atoms with E-state index in [0.717, 1.165) is 11.1 Å². The van der Waals surface area contributed by atoms with Crippen LogP contribution in [0.15, 0.2) is 45.9 Å². The van der Waals surface area contributed by atoms with Crippen LogP contribution in [0.1, 0.15) is 33.3 Å². The van der Waals surface area contributed by atoms with Crippen molar-refractivity contribution < 1.29 is 9.21 Å². The molecule has 0 fully saturated rings. The number of amides is 1. The molecule has 3 heterocycles. The molecule has 1 aromatic carbocycles. The third-order valence-corrected chi connectivity index (χ3v) is 5.44. The summed E-state index contributed by atoms with van der Waals surface area (Å²) in [4.78, 5) is 34.4. The van der Waals surface area contributed by atoms with Crippen LogP contribution in [-0.2, 0) is 0 Å². The minimum Gasteiger partial charge on any atom is -0.450 e. The van der Waals surface area contributed by atoms with E-state index in [9.17, 15) is 9.59 Å². The normalized spacial score (nSPS) is 16.2. The summed E-state index contributed by atoms with van der Waals surface area (Å²) in [7, 11) is 3.88. The standard InChI is InChI=1S/C21H20ClN3O3/c1-12-9-16-14(10-15(12)22)19(26)17-18(13-5-4-6-23-11-13)25(8-7-24(2)3)21(27)20(17)28-16/h4-6,9-11,18H,7-8H2,1-3H3/t18-/m0/s1. The van der Waals surface area contributed by atoms with Crippen LogP contribution in [0.2, 0.25) is 5.02 Å². The maximum absolute atomic E-state index is 13.4. The Balaban J connectivity index is 1.96. The lowest BCUT2D eigenvalue weighted by molar-refractivity contribution is 0.0716. The Hall–Kier alpha value is -2.70. The molecule has 0 saturated carbocycles. The number of halogens is 1. The molecular formula is C21H20ClN3O3. The van der Waals surface area contributed by atoms with Gasteiger partial charge in [-0.2, -0.15) is 0 Å². The molecule has 1 amide bonds. The van der Waals surface area contributed by atoms with Gasteiger partial charge in [-0.25, -0.2) is 0 Å². The fourth-order valence-corrected chi connectivity index (χ4v) is 3.73. The second-order valence-electron chi connectivity index (χ2n) is 7.26. The molecule has 6 nitrogen and oxygen atoms in total. The van der Waals surface area contributed by atoms with Gasteiger partial charge in [0, 0.05) is 30.5 Å². The topological polar surface area (TPSA) is 66.7 Å². The molecule has 0 bridgehead atoms. The molecule has 1 atom stereocenters. The highest BCUT2D eigenvalue weighted by atomic mass is 35.5. The second kappa shape index (κ2) is 7.04. The first-order valence-electron chi connectivity index (χ1n) is 9.01. The molecule has 3 aromatic rings. The molecule has 28 heavy (non-hydrogen) atoms. The van der Waals surface area contributed by atoms with E-state index in [1.54, 1.807) is 35.5 Å². The molecule has 7 heteroatoms. The molecule has 0 radical (unpaired) electrons. The van der Waals surface area contributed by atoms with Gasteiger partial charge in [0.05, 0.1) is 17.0 Å². The van der Waals surface area contributed by atoms with Gasteiger partial charge >= 0.3 is 0 Å². The van der Waals surface area contributed by atoms with Gasteiger partial charge in [-0.1, -0.05) is 17.7 Å². The van der Waals surface area contributed by atoms with Crippen LogP contribution in [0.5, 0.6) is 0 Å². The quantitative estimate of drug-likeness (QED) is 0.676. The van der Waals surface area contributed by atoms with E-state index in [4.69, 9.17) is 16.0 Å².